The van der Waals surface area contributed by atoms with Crippen LogP contribution in [-0.4, -0.2) is 24.3 Å². The highest BCUT2D eigenvalue weighted by molar-refractivity contribution is 4.81. The molecule has 2 N–H and O–H groups in total. The van der Waals surface area contributed by atoms with E-state index in [4.69, 9.17) is 0 Å². The van der Waals surface area contributed by atoms with Crippen molar-refractivity contribution >= 4 is 0 Å². The zero-order valence-corrected chi connectivity index (χ0v) is 9.47. The molecule has 1 unspecified atom stereocenters. The van der Waals surface area contributed by atoms with Crippen LogP contribution >= 0.6 is 0 Å². The summed E-state index contributed by atoms with van der Waals surface area (Å²) in [6.45, 7) is 4.12. The Hall–Kier alpha value is -0.0800. The Labute approximate surface area is 88.1 Å². The molecule has 84 valence electrons. The second kappa shape index (κ2) is 7.24. The summed E-state index contributed by atoms with van der Waals surface area (Å²) in [4.78, 5) is 0. The standard InChI is InChI=1S/C12H25NO/c1-2-3-4-5-6-9-13-10-12(14)11-7-8-11/h11-14H,2-10H2,1H3. The summed E-state index contributed by atoms with van der Waals surface area (Å²) < 4.78 is 0. The van der Waals surface area contributed by atoms with E-state index in [1.54, 1.807) is 0 Å². The number of hydrogen-bond acceptors (Lipinski definition) is 2. The van der Waals surface area contributed by atoms with Gasteiger partial charge in [-0.25, -0.2) is 0 Å². The molecule has 1 atom stereocenters. The molecule has 0 bridgehead atoms. The van der Waals surface area contributed by atoms with E-state index in [1.165, 1.54) is 44.9 Å². The third-order valence-electron chi connectivity index (χ3n) is 2.98. The first-order valence-electron chi connectivity index (χ1n) is 6.23. The van der Waals surface area contributed by atoms with Crippen molar-refractivity contribution in [3.8, 4) is 0 Å². The van der Waals surface area contributed by atoms with E-state index in [1.807, 2.05) is 0 Å². The summed E-state index contributed by atoms with van der Waals surface area (Å²) in [5.74, 6) is 0.614. The van der Waals surface area contributed by atoms with Crippen LogP contribution < -0.4 is 5.32 Å². The minimum absolute atomic E-state index is 0.0781. The Morgan fingerprint density at radius 3 is 2.57 bits per heavy atom. The zero-order valence-electron chi connectivity index (χ0n) is 9.47. The molecule has 1 aliphatic carbocycles. The van der Waals surface area contributed by atoms with Gasteiger partial charge in [-0.3, -0.25) is 0 Å². The molecular weight excluding hydrogens is 174 g/mol. The summed E-state index contributed by atoms with van der Waals surface area (Å²) in [5.41, 5.74) is 0. The van der Waals surface area contributed by atoms with Crippen LogP contribution in [0.1, 0.15) is 51.9 Å². The molecule has 2 nitrogen and oxygen atoms in total. The van der Waals surface area contributed by atoms with Gasteiger partial charge in [-0.05, 0) is 31.7 Å². The molecule has 2 heteroatoms. The lowest BCUT2D eigenvalue weighted by molar-refractivity contribution is 0.149. The van der Waals surface area contributed by atoms with Gasteiger partial charge < -0.3 is 10.4 Å². The van der Waals surface area contributed by atoms with Crippen LogP contribution in [0.25, 0.3) is 0 Å². The average Bonchev–Trinajstić information content (AvgIpc) is 2.99. The van der Waals surface area contributed by atoms with Gasteiger partial charge in [-0.15, -0.1) is 0 Å². The Balaban J connectivity index is 1.75. The first kappa shape index (κ1) is 12.0. The van der Waals surface area contributed by atoms with Crippen LogP contribution in [0.5, 0.6) is 0 Å². The van der Waals surface area contributed by atoms with Gasteiger partial charge >= 0.3 is 0 Å². The van der Waals surface area contributed by atoms with E-state index in [0.29, 0.717) is 5.92 Å². The number of aliphatic hydroxyl groups excluding tert-OH is 1. The summed E-state index contributed by atoms with van der Waals surface area (Å²) in [5, 5.41) is 12.9. The molecule has 1 rings (SSSR count). The average molecular weight is 199 g/mol. The van der Waals surface area contributed by atoms with Crippen molar-refractivity contribution in [1.29, 1.82) is 0 Å². The quantitative estimate of drug-likeness (QED) is 0.559. The fourth-order valence-corrected chi connectivity index (χ4v) is 1.75. The van der Waals surface area contributed by atoms with E-state index >= 15 is 0 Å². The van der Waals surface area contributed by atoms with Crippen molar-refractivity contribution < 1.29 is 5.11 Å². The predicted molar refractivity (Wildman–Crippen MR) is 60.4 cm³/mol. The third-order valence-corrected chi connectivity index (χ3v) is 2.98. The SMILES string of the molecule is CCCCCCCNCC(O)C1CC1. The molecule has 0 saturated heterocycles. The predicted octanol–water partition coefficient (Wildman–Crippen LogP) is 2.32. The highest BCUT2D eigenvalue weighted by Gasteiger charge is 2.28. The van der Waals surface area contributed by atoms with Crippen LogP contribution in [0.3, 0.4) is 0 Å². The molecule has 0 spiro atoms. The van der Waals surface area contributed by atoms with Gasteiger partial charge in [0, 0.05) is 6.54 Å². The van der Waals surface area contributed by atoms with Gasteiger partial charge in [0.15, 0.2) is 0 Å². The summed E-state index contributed by atoms with van der Waals surface area (Å²) in [6, 6.07) is 0. The van der Waals surface area contributed by atoms with Gasteiger partial charge in [-0.1, -0.05) is 32.6 Å². The van der Waals surface area contributed by atoms with Crippen LogP contribution in [-0.2, 0) is 0 Å². The molecule has 0 aliphatic heterocycles. The lowest BCUT2D eigenvalue weighted by Crippen LogP contribution is -2.28. The third kappa shape index (κ3) is 5.61. The lowest BCUT2D eigenvalue weighted by Gasteiger charge is -2.10. The van der Waals surface area contributed by atoms with Gasteiger partial charge in [-0.2, -0.15) is 0 Å². The zero-order chi connectivity index (χ0) is 10.2. The van der Waals surface area contributed by atoms with Gasteiger partial charge in [0.25, 0.3) is 0 Å². The maximum atomic E-state index is 9.57. The maximum absolute atomic E-state index is 9.57. The number of nitrogens with one attached hydrogen (secondary N) is 1. The molecule has 1 saturated carbocycles. The largest absolute Gasteiger partial charge is 0.392 e. The van der Waals surface area contributed by atoms with Crippen molar-refractivity contribution in [2.45, 2.75) is 58.0 Å². The van der Waals surface area contributed by atoms with Crippen molar-refractivity contribution in [1.82, 2.24) is 5.32 Å². The molecule has 0 aromatic heterocycles. The van der Waals surface area contributed by atoms with E-state index in [2.05, 4.69) is 12.2 Å². The van der Waals surface area contributed by atoms with Crippen LogP contribution in [0, 0.1) is 5.92 Å². The Morgan fingerprint density at radius 1 is 1.21 bits per heavy atom. The summed E-state index contributed by atoms with van der Waals surface area (Å²) >= 11 is 0. The van der Waals surface area contributed by atoms with Crippen LogP contribution in [0.2, 0.25) is 0 Å². The molecule has 1 aliphatic rings. The lowest BCUT2D eigenvalue weighted by atomic mass is 10.1. The van der Waals surface area contributed by atoms with Crippen LogP contribution in [0.15, 0.2) is 0 Å². The molecule has 0 aromatic rings. The minimum Gasteiger partial charge on any atom is -0.392 e. The van der Waals surface area contributed by atoms with E-state index in [-0.39, 0.29) is 6.10 Å². The highest BCUT2D eigenvalue weighted by Crippen LogP contribution is 2.32. The van der Waals surface area contributed by atoms with Crippen molar-refractivity contribution in [2.75, 3.05) is 13.1 Å². The second-order valence-electron chi connectivity index (χ2n) is 4.52. The number of rotatable bonds is 9. The number of unbranched alkanes of at least 4 members (excludes halogenated alkanes) is 4. The molecule has 0 amide bonds. The first-order chi connectivity index (χ1) is 6.84. The molecule has 0 aromatic carbocycles. The van der Waals surface area contributed by atoms with E-state index in [0.717, 1.165) is 13.1 Å². The fourth-order valence-electron chi connectivity index (χ4n) is 1.75. The van der Waals surface area contributed by atoms with Crippen molar-refractivity contribution in [3.05, 3.63) is 0 Å². The van der Waals surface area contributed by atoms with Gasteiger partial charge in [0.05, 0.1) is 6.10 Å². The molecule has 14 heavy (non-hydrogen) atoms. The first-order valence-corrected chi connectivity index (χ1v) is 6.23. The van der Waals surface area contributed by atoms with Gasteiger partial charge in [0.1, 0.15) is 0 Å². The topological polar surface area (TPSA) is 32.3 Å². The van der Waals surface area contributed by atoms with E-state index in [9.17, 15) is 5.11 Å². The molecular formula is C12H25NO. The molecule has 1 fully saturated rings. The fraction of sp³-hybridized carbons (Fsp3) is 1.00. The highest BCUT2D eigenvalue weighted by atomic mass is 16.3. The van der Waals surface area contributed by atoms with Crippen molar-refractivity contribution in [2.24, 2.45) is 5.92 Å². The Kier molecular flexibility index (Phi) is 6.20. The maximum Gasteiger partial charge on any atom is 0.0692 e. The van der Waals surface area contributed by atoms with Crippen molar-refractivity contribution in [3.63, 3.8) is 0 Å². The van der Waals surface area contributed by atoms with Crippen LogP contribution in [0.4, 0.5) is 0 Å². The Bertz CT molecular complexity index is 134. The smallest absolute Gasteiger partial charge is 0.0692 e. The van der Waals surface area contributed by atoms with E-state index < -0.39 is 0 Å². The monoisotopic (exact) mass is 199 g/mol. The second-order valence-corrected chi connectivity index (χ2v) is 4.52. The number of hydrogen-bond donors (Lipinski definition) is 2. The Morgan fingerprint density at radius 2 is 1.93 bits per heavy atom. The summed E-state index contributed by atoms with van der Waals surface area (Å²) in [6.07, 6.45) is 9.03. The minimum atomic E-state index is -0.0781. The van der Waals surface area contributed by atoms with Gasteiger partial charge in [0.2, 0.25) is 0 Å². The molecule has 0 heterocycles. The normalized spacial score (nSPS) is 18.4. The molecule has 0 radical (unpaired) electrons. The summed E-state index contributed by atoms with van der Waals surface area (Å²) in [7, 11) is 0. The number of aliphatic hydroxyl groups is 1.